The normalized spacial score (nSPS) is 15.4. The number of anilines is 2. The van der Waals surface area contributed by atoms with Crippen molar-refractivity contribution in [3.8, 4) is 0 Å². The summed E-state index contributed by atoms with van der Waals surface area (Å²) in [6.07, 6.45) is 1.02. The van der Waals surface area contributed by atoms with Crippen molar-refractivity contribution in [2.24, 2.45) is 0 Å². The number of nitrogens with one attached hydrogen (secondary N) is 2. The number of carbonyl (C=O) groups is 1. The van der Waals surface area contributed by atoms with Crippen LogP contribution in [0.25, 0.3) is 0 Å². The quantitative estimate of drug-likeness (QED) is 0.594. The third-order valence-corrected chi connectivity index (χ3v) is 6.84. The molecule has 2 N–H and O–H groups in total. The first-order chi connectivity index (χ1) is 14.9. The molecule has 0 fully saturated rings. The minimum atomic E-state index is -3.66. The number of fused-ring (bicyclic) bond motifs is 1. The van der Waals surface area contributed by atoms with Crippen molar-refractivity contribution in [3.05, 3.63) is 90.0 Å². The van der Waals surface area contributed by atoms with E-state index in [1.54, 1.807) is 42.5 Å². The molecule has 1 atom stereocenters. The van der Waals surface area contributed by atoms with E-state index in [2.05, 4.69) is 40.1 Å². The van der Waals surface area contributed by atoms with Crippen LogP contribution in [0.2, 0.25) is 0 Å². The SMILES string of the molecule is CC1Cc2ccccc2N1CCNC(=O)c1ccc(NS(=O)(=O)c2ccccc2)cc1. The smallest absolute Gasteiger partial charge is 0.261 e. The molecule has 160 valence electrons. The van der Waals surface area contributed by atoms with Gasteiger partial charge in [-0.1, -0.05) is 36.4 Å². The zero-order valence-electron chi connectivity index (χ0n) is 17.3. The molecule has 0 saturated heterocycles. The average molecular weight is 436 g/mol. The molecule has 0 bridgehead atoms. The van der Waals surface area contributed by atoms with Crippen LogP contribution in [0.15, 0.2) is 83.8 Å². The first kappa shape index (κ1) is 20.9. The van der Waals surface area contributed by atoms with Gasteiger partial charge in [-0.3, -0.25) is 9.52 Å². The third-order valence-electron chi connectivity index (χ3n) is 5.44. The van der Waals surface area contributed by atoms with E-state index in [0.29, 0.717) is 23.8 Å². The van der Waals surface area contributed by atoms with E-state index in [4.69, 9.17) is 0 Å². The minimum absolute atomic E-state index is 0.183. The first-order valence-corrected chi connectivity index (χ1v) is 11.7. The van der Waals surface area contributed by atoms with Gasteiger partial charge in [0.05, 0.1) is 4.90 Å². The molecule has 0 spiro atoms. The van der Waals surface area contributed by atoms with Crippen LogP contribution in [-0.4, -0.2) is 33.5 Å². The molecule has 3 aromatic rings. The Morgan fingerprint density at radius 3 is 2.39 bits per heavy atom. The van der Waals surface area contributed by atoms with Gasteiger partial charge >= 0.3 is 0 Å². The summed E-state index contributed by atoms with van der Waals surface area (Å²) in [5, 5.41) is 2.95. The lowest BCUT2D eigenvalue weighted by molar-refractivity contribution is 0.0954. The van der Waals surface area contributed by atoms with Gasteiger partial charge in [-0.25, -0.2) is 8.42 Å². The highest BCUT2D eigenvalue weighted by Gasteiger charge is 2.25. The maximum absolute atomic E-state index is 12.5. The van der Waals surface area contributed by atoms with Crippen LogP contribution in [0.4, 0.5) is 11.4 Å². The van der Waals surface area contributed by atoms with Crippen LogP contribution in [0.3, 0.4) is 0 Å². The van der Waals surface area contributed by atoms with Crippen molar-refractivity contribution in [1.29, 1.82) is 0 Å². The number of amides is 1. The molecule has 0 aromatic heterocycles. The molecule has 4 rings (SSSR count). The van der Waals surface area contributed by atoms with Crippen LogP contribution in [0, 0.1) is 0 Å². The maximum atomic E-state index is 12.5. The van der Waals surface area contributed by atoms with Crippen LogP contribution in [-0.2, 0) is 16.4 Å². The van der Waals surface area contributed by atoms with Crippen molar-refractivity contribution < 1.29 is 13.2 Å². The van der Waals surface area contributed by atoms with Crippen LogP contribution in [0.1, 0.15) is 22.8 Å². The Labute approximate surface area is 183 Å². The highest BCUT2D eigenvalue weighted by molar-refractivity contribution is 7.92. The Morgan fingerprint density at radius 2 is 1.65 bits per heavy atom. The first-order valence-electron chi connectivity index (χ1n) is 10.2. The highest BCUT2D eigenvalue weighted by Crippen LogP contribution is 2.31. The van der Waals surface area contributed by atoms with E-state index >= 15 is 0 Å². The molecule has 1 unspecified atom stereocenters. The van der Waals surface area contributed by atoms with Crippen LogP contribution in [0.5, 0.6) is 0 Å². The van der Waals surface area contributed by atoms with Gasteiger partial charge in [0, 0.05) is 36.1 Å². The fourth-order valence-corrected chi connectivity index (χ4v) is 4.95. The summed E-state index contributed by atoms with van der Waals surface area (Å²) < 4.78 is 27.3. The number of sulfonamides is 1. The van der Waals surface area contributed by atoms with E-state index in [1.807, 2.05) is 6.07 Å². The lowest BCUT2D eigenvalue weighted by Crippen LogP contribution is -2.37. The van der Waals surface area contributed by atoms with Crippen molar-refractivity contribution in [2.45, 2.75) is 24.3 Å². The minimum Gasteiger partial charge on any atom is -0.367 e. The molecule has 7 heteroatoms. The molecule has 0 saturated carbocycles. The Balaban J connectivity index is 1.33. The zero-order valence-corrected chi connectivity index (χ0v) is 18.1. The van der Waals surface area contributed by atoms with Gasteiger partial charge in [0.15, 0.2) is 0 Å². The molecule has 6 nitrogen and oxygen atoms in total. The van der Waals surface area contributed by atoms with Gasteiger partial charge in [-0.05, 0) is 61.4 Å². The van der Waals surface area contributed by atoms with E-state index in [-0.39, 0.29) is 10.8 Å². The molecule has 1 amide bonds. The summed E-state index contributed by atoms with van der Waals surface area (Å²) >= 11 is 0. The molecule has 3 aromatic carbocycles. The number of hydrogen-bond donors (Lipinski definition) is 2. The third kappa shape index (κ3) is 4.72. The summed E-state index contributed by atoms with van der Waals surface area (Å²) in [5.41, 5.74) is 3.47. The number of benzene rings is 3. The predicted octanol–water partition coefficient (Wildman–Crippen LogP) is 3.67. The number of rotatable bonds is 7. The van der Waals surface area contributed by atoms with E-state index < -0.39 is 10.0 Å². The van der Waals surface area contributed by atoms with Crippen molar-refractivity contribution >= 4 is 27.3 Å². The lowest BCUT2D eigenvalue weighted by Gasteiger charge is -2.25. The van der Waals surface area contributed by atoms with Gasteiger partial charge in [0.2, 0.25) is 0 Å². The Kier molecular flexibility index (Phi) is 5.95. The van der Waals surface area contributed by atoms with Gasteiger partial charge in [-0.2, -0.15) is 0 Å². The summed E-state index contributed by atoms with van der Waals surface area (Å²) in [5.74, 6) is -0.183. The van der Waals surface area contributed by atoms with Gasteiger partial charge < -0.3 is 10.2 Å². The maximum Gasteiger partial charge on any atom is 0.261 e. The Morgan fingerprint density at radius 1 is 0.968 bits per heavy atom. The molecular weight excluding hydrogens is 410 g/mol. The van der Waals surface area contributed by atoms with E-state index in [9.17, 15) is 13.2 Å². The van der Waals surface area contributed by atoms with Gasteiger partial charge in [0.25, 0.3) is 15.9 Å². The monoisotopic (exact) mass is 435 g/mol. The summed E-state index contributed by atoms with van der Waals surface area (Å²) in [7, 11) is -3.66. The summed E-state index contributed by atoms with van der Waals surface area (Å²) in [4.78, 5) is 15.0. The Hall–Kier alpha value is -3.32. The van der Waals surface area contributed by atoms with Crippen LogP contribution >= 0.6 is 0 Å². The summed E-state index contributed by atoms with van der Waals surface area (Å²) in [6.45, 7) is 3.45. The fraction of sp³-hybridized carbons (Fsp3) is 0.208. The van der Waals surface area contributed by atoms with Gasteiger partial charge in [0.1, 0.15) is 0 Å². The molecule has 1 heterocycles. The van der Waals surface area contributed by atoms with Crippen molar-refractivity contribution in [2.75, 3.05) is 22.7 Å². The summed E-state index contributed by atoms with van der Waals surface area (Å²) in [6, 6.07) is 23.4. The lowest BCUT2D eigenvalue weighted by atomic mass is 10.1. The van der Waals surface area contributed by atoms with E-state index in [1.165, 1.54) is 23.4 Å². The molecule has 1 aliphatic heterocycles. The van der Waals surface area contributed by atoms with E-state index in [0.717, 1.165) is 13.0 Å². The average Bonchev–Trinajstić information content (AvgIpc) is 3.10. The number of para-hydroxylation sites is 1. The highest BCUT2D eigenvalue weighted by atomic mass is 32.2. The largest absolute Gasteiger partial charge is 0.367 e. The predicted molar refractivity (Wildman–Crippen MR) is 123 cm³/mol. The molecule has 0 aliphatic carbocycles. The van der Waals surface area contributed by atoms with Crippen LogP contribution < -0.4 is 14.9 Å². The topological polar surface area (TPSA) is 78.5 Å². The number of carbonyl (C=O) groups excluding carboxylic acids is 1. The molecule has 31 heavy (non-hydrogen) atoms. The standard InChI is InChI=1S/C24H25N3O3S/c1-18-17-20-7-5-6-10-23(20)27(18)16-15-25-24(28)19-11-13-21(14-12-19)26-31(29,30)22-8-3-2-4-9-22/h2-14,18,26H,15-17H2,1H3,(H,25,28). The number of nitrogens with zero attached hydrogens (tertiary/aromatic N) is 1. The molecule has 0 radical (unpaired) electrons. The zero-order chi connectivity index (χ0) is 21.8. The molecule has 1 aliphatic rings. The second-order valence-corrected chi connectivity index (χ2v) is 9.31. The van der Waals surface area contributed by atoms with Crippen molar-refractivity contribution in [3.63, 3.8) is 0 Å². The Bertz CT molecular complexity index is 1160. The number of hydrogen-bond acceptors (Lipinski definition) is 4. The van der Waals surface area contributed by atoms with Crippen molar-refractivity contribution in [1.82, 2.24) is 5.32 Å². The second kappa shape index (κ2) is 8.81. The second-order valence-electron chi connectivity index (χ2n) is 7.63. The fourth-order valence-electron chi connectivity index (χ4n) is 3.87. The van der Waals surface area contributed by atoms with Gasteiger partial charge in [-0.15, -0.1) is 0 Å². The molecular formula is C24H25N3O3S.